The molecule has 0 bridgehead atoms. The van der Waals surface area contributed by atoms with E-state index in [0.717, 1.165) is 0 Å². The fourth-order valence-electron chi connectivity index (χ4n) is 2.49. The summed E-state index contributed by atoms with van der Waals surface area (Å²) in [6.07, 6.45) is 24.2. The lowest BCUT2D eigenvalue weighted by Gasteiger charge is -1.99. The highest BCUT2D eigenvalue weighted by molar-refractivity contribution is 7.16. The molecule has 0 amide bonds. The first-order valence-corrected chi connectivity index (χ1v) is 10.8. The van der Waals surface area contributed by atoms with E-state index in [1.54, 1.807) is 0 Å². The topological polar surface area (TPSA) is 0 Å². The van der Waals surface area contributed by atoms with Gasteiger partial charge in [0.2, 0.25) is 0 Å². The third-order valence-electron chi connectivity index (χ3n) is 4.01. The normalized spacial score (nSPS) is 10.3. The largest absolute Gasteiger partial charge is 0.138 e. The van der Waals surface area contributed by atoms with Crippen LogP contribution < -0.4 is 0 Å². The Morgan fingerprint density at radius 3 is 0.857 bits per heavy atom. The first-order chi connectivity index (χ1) is 10.3. The number of hydrogen-bond acceptors (Lipinski definition) is 0. The van der Waals surface area contributed by atoms with E-state index in [1.165, 1.54) is 109 Å². The third-order valence-corrected chi connectivity index (χ3v) is 4.42. The fraction of sp³-hybridized carbons (Fsp3) is 1.00. The summed E-state index contributed by atoms with van der Waals surface area (Å²) >= 11 is 0. The monoisotopic (exact) mass is 316 g/mol. The molecule has 0 aromatic heterocycles. The summed E-state index contributed by atoms with van der Waals surface area (Å²) in [7, 11) is 2.78. The Morgan fingerprint density at radius 1 is 0.381 bits per heavy atom. The zero-order chi connectivity index (χ0) is 16.0. The predicted molar refractivity (Wildman–Crippen MR) is 105 cm³/mol. The second kappa shape index (κ2) is 25.4. The lowest BCUT2D eigenvalue weighted by atomic mass is 10.1. The van der Waals surface area contributed by atoms with E-state index in [1.807, 2.05) is 0 Å². The molecule has 0 saturated heterocycles. The van der Waals surface area contributed by atoms with Gasteiger partial charge < -0.3 is 0 Å². The molecule has 130 valence electrons. The van der Waals surface area contributed by atoms with Crippen LogP contribution in [0.15, 0.2) is 0 Å². The quantitative estimate of drug-likeness (QED) is 0.211. The second-order valence-electron chi connectivity index (χ2n) is 6.38. The Morgan fingerprint density at radius 2 is 0.619 bits per heavy atom. The smallest absolute Gasteiger partial charge is 0.0381 e. The maximum absolute atomic E-state index is 2.78. The lowest BCUT2D eigenvalue weighted by molar-refractivity contribution is 0.562. The van der Waals surface area contributed by atoms with Crippen molar-refractivity contribution in [2.75, 3.05) is 6.16 Å². The van der Waals surface area contributed by atoms with Gasteiger partial charge in [-0.2, -0.15) is 0 Å². The maximum atomic E-state index is 2.78. The van der Waals surface area contributed by atoms with Crippen molar-refractivity contribution in [1.29, 1.82) is 0 Å². The first-order valence-electron chi connectivity index (χ1n) is 10.0. The Balaban J connectivity index is 0. The van der Waals surface area contributed by atoms with Crippen molar-refractivity contribution < 1.29 is 0 Å². The van der Waals surface area contributed by atoms with E-state index in [2.05, 4.69) is 30.0 Å². The Hall–Kier alpha value is 0.430. The highest BCUT2D eigenvalue weighted by Gasteiger charge is 1.90. The molecular formula is C20H45P. The summed E-state index contributed by atoms with van der Waals surface area (Å²) in [4.78, 5) is 0. The molecule has 21 heavy (non-hydrogen) atoms. The Labute approximate surface area is 139 Å². The molecule has 0 nitrogen and oxygen atoms in total. The van der Waals surface area contributed by atoms with Crippen LogP contribution in [0, 0.1) is 0 Å². The minimum absolute atomic E-state index is 1.28. The summed E-state index contributed by atoms with van der Waals surface area (Å²) in [5, 5.41) is 0. The molecular weight excluding hydrogens is 271 g/mol. The molecule has 0 heterocycles. The number of unbranched alkanes of at least 4 members (excludes halogenated alkanes) is 14. The van der Waals surface area contributed by atoms with E-state index in [4.69, 9.17) is 0 Å². The third kappa shape index (κ3) is 29.1. The maximum Gasteiger partial charge on any atom is -0.0381 e. The molecule has 1 unspecified atom stereocenters. The lowest BCUT2D eigenvalue weighted by Crippen LogP contribution is -1.80. The van der Waals surface area contributed by atoms with Crippen LogP contribution in [0.4, 0.5) is 0 Å². The van der Waals surface area contributed by atoms with E-state index in [9.17, 15) is 0 Å². The van der Waals surface area contributed by atoms with Crippen LogP contribution in [0.25, 0.3) is 0 Å². The van der Waals surface area contributed by atoms with Gasteiger partial charge in [-0.25, -0.2) is 0 Å². The molecule has 0 aliphatic rings. The average Bonchev–Trinajstić information content (AvgIpc) is 2.51. The van der Waals surface area contributed by atoms with Crippen LogP contribution in [0.5, 0.6) is 0 Å². The SMILES string of the molecule is CCCCCCCCCCCC.CCCCCCCCP. The number of hydrogen-bond donors (Lipinski definition) is 0. The Bertz CT molecular complexity index is 129. The van der Waals surface area contributed by atoms with Gasteiger partial charge in [-0.05, 0) is 12.6 Å². The van der Waals surface area contributed by atoms with Gasteiger partial charge >= 0.3 is 0 Å². The summed E-state index contributed by atoms with van der Waals surface area (Å²) in [5.74, 6) is 0. The van der Waals surface area contributed by atoms with Gasteiger partial charge in [0.1, 0.15) is 0 Å². The van der Waals surface area contributed by atoms with Crippen LogP contribution in [-0.4, -0.2) is 6.16 Å². The van der Waals surface area contributed by atoms with Crippen molar-refractivity contribution in [1.82, 2.24) is 0 Å². The molecule has 1 heteroatoms. The molecule has 0 radical (unpaired) electrons. The van der Waals surface area contributed by atoms with E-state index in [-0.39, 0.29) is 0 Å². The van der Waals surface area contributed by atoms with Crippen LogP contribution >= 0.6 is 9.24 Å². The molecule has 0 fully saturated rings. The first kappa shape index (κ1) is 23.7. The molecule has 1 atom stereocenters. The molecule has 0 aromatic rings. The van der Waals surface area contributed by atoms with Crippen LogP contribution in [0.1, 0.15) is 124 Å². The minimum Gasteiger partial charge on any atom is -0.138 e. The summed E-state index contributed by atoms with van der Waals surface area (Å²) in [6, 6.07) is 0. The van der Waals surface area contributed by atoms with Gasteiger partial charge in [-0.3, -0.25) is 0 Å². The number of rotatable bonds is 15. The zero-order valence-corrected chi connectivity index (χ0v) is 16.8. The van der Waals surface area contributed by atoms with Crippen LogP contribution in [0.3, 0.4) is 0 Å². The highest BCUT2D eigenvalue weighted by Crippen LogP contribution is 2.10. The highest BCUT2D eigenvalue weighted by atomic mass is 31.0. The van der Waals surface area contributed by atoms with Gasteiger partial charge in [0.05, 0.1) is 0 Å². The van der Waals surface area contributed by atoms with Crippen molar-refractivity contribution >= 4 is 9.24 Å². The van der Waals surface area contributed by atoms with Crippen LogP contribution in [-0.2, 0) is 0 Å². The van der Waals surface area contributed by atoms with E-state index in [0.29, 0.717) is 0 Å². The molecule has 0 saturated carbocycles. The van der Waals surface area contributed by atoms with Crippen molar-refractivity contribution in [2.45, 2.75) is 124 Å². The summed E-state index contributed by atoms with van der Waals surface area (Å²) in [5.41, 5.74) is 0. The molecule has 0 aliphatic heterocycles. The van der Waals surface area contributed by atoms with E-state index >= 15 is 0 Å². The van der Waals surface area contributed by atoms with Gasteiger partial charge in [0.25, 0.3) is 0 Å². The molecule has 0 spiro atoms. The van der Waals surface area contributed by atoms with E-state index < -0.39 is 0 Å². The Kier molecular flexibility index (Phi) is 28.6. The molecule has 0 N–H and O–H groups in total. The van der Waals surface area contributed by atoms with Gasteiger partial charge in [-0.1, -0.05) is 117 Å². The van der Waals surface area contributed by atoms with Gasteiger partial charge in [0, 0.05) is 0 Å². The van der Waals surface area contributed by atoms with Crippen molar-refractivity contribution in [3.63, 3.8) is 0 Å². The van der Waals surface area contributed by atoms with Crippen LogP contribution in [0.2, 0.25) is 0 Å². The fourth-order valence-corrected chi connectivity index (χ4v) is 2.77. The molecule has 0 aliphatic carbocycles. The summed E-state index contributed by atoms with van der Waals surface area (Å²) in [6.45, 7) is 6.82. The minimum atomic E-state index is 1.28. The van der Waals surface area contributed by atoms with Gasteiger partial charge in [-0.15, -0.1) is 9.24 Å². The predicted octanol–water partition coefficient (Wildman–Crippen LogP) is 8.15. The van der Waals surface area contributed by atoms with Crippen molar-refractivity contribution in [2.24, 2.45) is 0 Å². The average molecular weight is 317 g/mol. The van der Waals surface area contributed by atoms with Crippen molar-refractivity contribution in [3.05, 3.63) is 0 Å². The standard InChI is InChI=1S/C12H26.C8H19P/c1-3-5-7-9-11-12-10-8-6-4-2;1-2-3-4-5-6-7-8-9/h3-12H2,1-2H3;2-9H2,1H3. The van der Waals surface area contributed by atoms with Gasteiger partial charge in [0.15, 0.2) is 0 Å². The molecule has 0 aromatic carbocycles. The zero-order valence-electron chi connectivity index (χ0n) is 15.6. The second-order valence-corrected chi connectivity index (χ2v) is 6.96. The molecule has 0 rings (SSSR count). The summed E-state index contributed by atoms with van der Waals surface area (Å²) < 4.78 is 0. The van der Waals surface area contributed by atoms with Crippen molar-refractivity contribution in [3.8, 4) is 0 Å².